The molecule has 0 N–H and O–H groups in total. The minimum absolute atomic E-state index is 0.0396. The maximum atomic E-state index is 12.6. The van der Waals surface area contributed by atoms with Crippen molar-refractivity contribution < 1.29 is 4.39 Å². The van der Waals surface area contributed by atoms with Crippen LogP contribution in [0.4, 0.5) is 10.1 Å². The van der Waals surface area contributed by atoms with E-state index in [2.05, 4.69) is 17.5 Å². The van der Waals surface area contributed by atoms with Crippen LogP contribution in [0.2, 0.25) is 0 Å². The molecule has 50 valence electrons. The van der Waals surface area contributed by atoms with E-state index < -0.39 is 5.82 Å². The Hall–Kier alpha value is -1.01. The van der Waals surface area contributed by atoms with E-state index in [0.29, 0.717) is 4.90 Å². The van der Waals surface area contributed by atoms with Gasteiger partial charge in [-0.15, -0.1) is 12.6 Å². The molecule has 0 aliphatic carbocycles. The van der Waals surface area contributed by atoms with Crippen molar-refractivity contribution in [3.8, 4) is 0 Å². The first kappa shape index (κ1) is 7.10. The second-order valence-electron chi connectivity index (χ2n) is 1.75. The topological polar surface area (TPSA) is 4.36 Å². The van der Waals surface area contributed by atoms with Gasteiger partial charge in [-0.05, 0) is 6.07 Å². The lowest BCUT2D eigenvalue weighted by atomic mass is 10.3. The number of thiol groups is 1. The van der Waals surface area contributed by atoms with Crippen molar-refractivity contribution in [2.45, 2.75) is 4.90 Å². The van der Waals surface area contributed by atoms with Crippen LogP contribution in [0.1, 0.15) is 0 Å². The zero-order chi connectivity index (χ0) is 7.56. The highest BCUT2D eigenvalue weighted by Gasteiger charge is 1.99. The molecule has 0 radical (unpaired) electrons. The van der Waals surface area contributed by atoms with E-state index in [4.69, 9.17) is 6.57 Å². The third-order valence-electron chi connectivity index (χ3n) is 1.05. The van der Waals surface area contributed by atoms with Gasteiger partial charge >= 0.3 is 0 Å². The van der Waals surface area contributed by atoms with E-state index in [0.717, 1.165) is 0 Å². The Bertz CT molecular complexity index is 290. The summed E-state index contributed by atoms with van der Waals surface area (Å²) in [5.41, 5.74) is 0.0396. The molecule has 0 aromatic heterocycles. The fraction of sp³-hybridized carbons (Fsp3) is 0. The summed E-state index contributed by atoms with van der Waals surface area (Å²) in [5.74, 6) is -0.512. The van der Waals surface area contributed by atoms with Crippen molar-refractivity contribution in [1.82, 2.24) is 0 Å². The summed E-state index contributed by atoms with van der Waals surface area (Å²) in [5, 5.41) is 0. The smallest absolute Gasteiger partial charge is 0.222 e. The molecule has 0 heterocycles. The Kier molecular flexibility index (Phi) is 1.93. The van der Waals surface area contributed by atoms with Crippen molar-refractivity contribution in [2.75, 3.05) is 0 Å². The zero-order valence-corrected chi connectivity index (χ0v) is 5.90. The molecule has 0 saturated carbocycles. The summed E-state index contributed by atoms with van der Waals surface area (Å²) in [6.45, 7) is 6.52. The Morgan fingerprint density at radius 3 is 2.70 bits per heavy atom. The van der Waals surface area contributed by atoms with Crippen LogP contribution in [0.5, 0.6) is 0 Å². The first-order chi connectivity index (χ1) is 4.74. The van der Waals surface area contributed by atoms with E-state index in [1.807, 2.05) is 0 Å². The van der Waals surface area contributed by atoms with Gasteiger partial charge in [-0.2, -0.15) is 0 Å². The van der Waals surface area contributed by atoms with Gasteiger partial charge in [-0.1, -0.05) is 12.1 Å². The van der Waals surface area contributed by atoms with Gasteiger partial charge in [0.15, 0.2) is 0 Å². The molecule has 0 atom stereocenters. The van der Waals surface area contributed by atoms with Crippen molar-refractivity contribution in [3.05, 3.63) is 35.4 Å². The highest BCUT2D eigenvalue weighted by atomic mass is 32.1. The van der Waals surface area contributed by atoms with Crippen LogP contribution >= 0.6 is 12.6 Å². The summed E-state index contributed by atoms with van der Waals surface area (Å²) in [7, 11) is 0. The molecule has 1 rings (SSSR count). The molecule has 0 amide bonds. The van der Waals surface area contributed by atoms with Gasteiger partial charge in [0.2, 0.25) is 5.69 Å². The molecule has 0 saturated heterocycles. The monoisotopic (exact) mass is 153 g/mol. The molecule has 10 heavy (non-hydrogen) atoms. The third kappa shape index (κ3) is 1.28. The lowest BCUT2D eigenvalue weighted by Crippen LogP contribution is -1.72. The summed E-state index contributed by atoms with van der Waals surface area (Å²) in [4.78, 5) is 3.48. The largest absolute Gasteiger partial charge is 0.235 e. The zero-order valence-electron chi connectivity index (χ0n) is 5.00. The minimum atomic E-state index is -0.512. The van der Waals surface area contributed by atoms with Crippen LogP contribution in [0.15, 0.2) is 23.1 Å². The maximum absolute atomic E-state index is 12.6. The highest BCUT2D eigenvalue weighted by molar-refractivity contribution is 7.80. The number of hydrogen-bond donors (Lipinski definition) is 1. The SMILES string of the molecule is [C-]#[N+]c1ccc(S)cc1F. The normalized spacial score (nSPS) is 8.90. The second kappa shape index (κ2) is 2.72. The molecule has 0 spiro atoms. The van der Waals surface area contributed by atoms with Crippen molar-refractivity contribution in [2.24, 2.45) is 0 Å². The number of hydrogen-bond acceptors (Lipinski definition) is 1. The standard InChI is InChI=1S/C7H4FNS/c1-9-7-3-2-5(10)4-6(7)8/h2-4,10H. The van der Waals surface area contributed by atoms with Crippen LogP contribution < -0.4 is 0 Å². The van der Waals surface area contributed by atoms with Gasteiger partial charge in [-0.25, -0.2) is 9.24 Å². The first-order valence-electron chi connectivity index (χ1n) is 2.60. The predicted octanol–water partition coefficient (Wildman–Crippen LogP) is 2.67. The summed E-state index contributed by atoms with van der Waals surface area (Å²) in [6, 6.07) is 4.21. The van der Waals surface area contributed by atoms with Gasteiger partial charge in [0.25, 0.3) is 0 Å². The lowest BCUT2D eigenvalue weighted by Gasteiger charge is -1.92. The maximum Gasteiger partial charge on any atom is 0.222 e. The Labute approximate surface area is 63.7 Å². The van der Waals surface area contributed by atoms with Gasteiger partial charge in [0.05, 0.1) is 6.57 Å². The van der Waals surface area contributed by atoms with E-state index >= 15 is 0 Å². The highest BCUT2D eigenvalue weighted by Crippen LogP contribution is 2.19. The molecule has 1 aromatic rings. The van der Waals surface area contributed by atoms with Crippen LogP contribution in [-0.2, 0) is 0 Å². The summed E-state index contributed by atoms with van der Waals surface area (Å²) < 4.78 is 12.6. The van der Waals surface area contributed by atoms with Crippen molar-refractivity contribution in [3.63, 3.8) is 0 Å². The van der Waals surface area contributed by atoms with Gasteiger partial charge < -0.3 is 0 Å². The van der Waals surface area contributed by atoms with Crippen LogP contribution in [0.25, 0.3) is 4.85 Å². The van der Waals surface area contributed by atoms with Crippen LogP contribution in [0.3, 0.4) is 0 Å². The average Bonchev–Trinajstić information content (AvgIpc) is 1.88. The molecule has 0 fully saturated rings. The molecule has 0 unspecified atom stereocenters. The van der Waals surface area contributed by atoms with E-state index in [1.54, 1.807) is 6.07 Å². The quantitative estimate of drug-likeness (QED) is 0.431. The van der Waals surface area contributed by atoms with Gasteiger partial charge in [0.1, 0.15) is 5.82 Å². The third-order valence-corrected chi connectivity index (χ3v) is 1.33. The van der Waals surface area contributed by atoms with E-state index in [-0.39, 0.29) is 5.69 Å². The molecule has 3 heteroatoms. The fourth-order valence-corrected chi connectivity index (χ4v) is 0.774. The molecular weight excluding hydrogens is 149 g/mol. The molecule has 0 aliphatic heterocycles. The van der Waals surface area contributed by atoms with Crippen LogP contribution in [-0.4, -0.2) is 0 Å². The molecule has 0 bridgehead atoms. The summed E-state index contributed by atoms with van der Waals surface area (Å²) >= 11 is 3.90. The van der Waals surface area contributed by atoms with Gasteiger partial charge in [0, 0.05) is 4.90 Å². The second-order valence-corrected chi connectivity index (χ2v) is 2.26. The predicted molar refractivity (Wildman–Crippen MR) is 39.9 cm³/mol. The van der Waals surface area contributed by atoms with Gasteiger partial charge in [-0.3, -0.25) is 0 Å². The Morgan fingerprint density at radius 2 is 2.20 bits per heavy atom. The van der Waals surface area contributed by atoms with E-state index in [1.165, 1.54) is 12.1 Å². The number of halogens is 1. The van der Waals surface area contributed by atoms with Crippen LogP contribution in [0, 0.1) is 12.4 Å². The Balaban J connectivity index is 3.23. The van der Waals surface area contributed by atoms with Crippen molar-refractivity contribution in [1.29, 1.82) is 0 Å². The number of nitrogens with zero attached hydrogens (tertiary/aromatic N) is 1. The molecular formula is C7H4FNS. The first-order valence-corrected chi connectivity index (χ1v) is 3.05. The number of rotatable bonds is 0. The lowest BCUT2D eigenvalue weighted by molar-refractivity contribution is 0.630. The molecule has 1 aromatic carbocycles. The summed E-state index contributed by atoms with van der Waals surface area (Å²) in [6.07, 6.45) is 0. The molecule has 0 aliphatic rings. The Morgan fingerprint density at radius 1 is 1.50 bits per heavy atom. The molecule has 1 nitrogen and oxygen atoms in total. The minimum Gasteiger partial charge on any atom is -0.235 e. The average molecular weight is 153 g/mol. The van der Waals surface area contributed by atoms with Crippen molar-refractivity contribution >= 4 is 18.3 Å². The fourth-order valence-electron chi connectivity index (χ4n) is 0.586. The number of benzene rings is 1. The van der Waals surface area contributed by atoms with E-state index in [9.17, 15) is 4.39 Å².